The summed E-state index contributed by atoms with van der Waals surface area (Å²) in [6.07, 6.45) is 4.25. The second-order valence-electron chi connectivity index (χ2n) is 9.82. The van der Waals surface area contributed by atoms with Gasteiger partial charge in [0.15, 0.2) is 0 Å². The van der Waals surface area contributed by atoms with E-state index in [1.807, 2.05) is 36.4 Å². The van der Waals surface area contributed by atoms with Crippen LogP contribution in [0.15, 0.2) is 60.8 Å². The summed E-state index contributed by atoms with van der Waals surface area (Å²) in [7, 11) is 0. The fourth-order valence-corrected chi connectivity index (χ4v) is 5.53. The summed E-state index contributed by atoms with van der Waals surface area (Å²) in [5, 5.41) is 9.24. The molecular weight excluding hydrogens is 509 g/mol. The predicted octanol–water partition coefficient (Wildman–Crippen LogP) is 3.85. The molecule has 1 saturated heterocycles. The molecule has 1 aromatic heterocycles. The van der Waals surface area contributed by atoms with Gasteiger partial charge in [0.25, 0.3) is 0 Å². The van der Waals surface area contributed by atoms with E-state index in [0.29, 0.717) is 25.2 Å². The fourth-order valence-electron chi connectivity index (χ4n) is 5.53. The number of nitrogens with zero attached hydrogens (tertiary/aromatic N) is 2. The summed E-state index contributed by atoms with van der Waals surface area (Å²) >= 11 is 0. The highest BCUT2D eigenvalue weighted by Crippen LogP contribution is 2.46. The van der Waals surface area contributed by atoms with E-state index < -0.39 is 5.41 Å². The molecule has 1 aliphatic carbocycles. The molecule has 7 nitrogen and oxygen atoms in total. The Bertz CT molecular complexity index is 1310. The molecule has 0 bridgehead atoms. The first-order valence-corrected chi connectivity index (χ1v) is 12.3. The average Bonchev–Trinajstić information content (AvgIpc) is 3.34. The molecule has 0 radical (unpaired) electrons. The molecule has 2 aromatic carbocycles. The van der Waals surface area contributed by atoms with E-state index in [2.05, 4.69) is 44.0 Å². The number of likely N-dealkylation sites (tertiary alicyclic amines) is 1. The van der Waals surface area contributed by atoms with Crippen LogP contribution in [0.1, 0.15) is 34.2 Å². The van der Waals surface area contributed by atoms with Gasteiger partial charge in [-0.1, -0.05) is 36.4 Å². The number of halogens is 2. The molecule has 3 heterocycles. The Kier molecular flexibility index (Phi) is 8.19. The quantitative estimate of drug-likeness (QED) is 0.424. The van der Waals surface area contributed by atoms with E-state index in [-0.39, 0.29) is 43.2 Å². The lowest BCUT2D eigenvalue weighted by molar-refractivity contribution is -0.120. The highest BCUT2D eigenvalue weighted by atomic mass is 35.5. The van der Waals surface area contributed by atoms with Crippen LogP contribution in [0.25, 0.3) is 0 Å². The van der Waals surface area contributed by atoms with E-state index in [0.717, 1.165) is 28.9 Å². The molecule has 3 aromatic rings. The maximum Gasteiger partial charge on any atom is 0.238 e. The Labute approximate surface area is 229 Å². The van der Waals surface area contributed by atoms with Gasteiger partial charge in [-0.15, -0.1) is 24.8 Å². The minimum Gasteiger partial charge on any atom is -0.325 e. The number of fused-ring (bicyclic) bond motifs is 3. The van der Waals surface area contributed by atoms with Gasteiger partial charge in [0.2, 0.25) is 11.8 Å². The van der Waals surface area contributed by atoms with Crippen molar-refractivity contribution in [2.24, 2.45) is 0 Å². The van der Waals surface area contributed by atoms with E-state index in [1.54, 1.807) is 6.20 Å². The number of rotatable bonds is 7. The molecule has 2 aliphatic heterocycles. The third-order valence-corrected chi connectivity index (χ3v) is 7.53. The number of carbonyl (C=O) groups excluding carboxylic acids is 2. The smallest absolute Gasteiger partial charge is 0.238 e. The lowest BCUT2D eigenvalue weighted by Gasteiger charge is -2.31. The molecule has 194 valence electrons. The molecule has 1 atom stereocenters. The summed E-state index contributed by atoms with van der Waals surface area (Å²) in [5.74, 6) is 0.592. The van der Waals surface area contributed by atoms with Crippen LogP contribution in [0.2, 0.25) is 0 Å². The Hall–Kier alpha value is -2.97. The maximum absolute atomic E-state index is 12.9. The largest absolute Gasteiger partial charge is 0.325 e. The first-order chi connectivity index (χ1) is 17.1. The van der Waals surface area contributed by atoms with Crippen LogP contribution in [0.3, 0.4) is 0 Å². The minimum atomic E-state index is -0.598. The van der Waals surface area contributed by atoms with Gasteiger partial charge in [-0.3, -0.25) is 14.5 Å². The van der Waals surface area contributed by atoms with Crippen molar-refractivity contribution in [2.75, 3.05) is 30.3 Å². The highest BCUT2D eigenvalue weighted by molar-refractivity contribution is 6.06. The number of anilines is 2. The first kappa shape index (κ1) is 27.1. The monoisotopic (exact) mass is 539 g/mol. The SMILES string of the molecule is Cl.Cl.O=C(CNCc1ccccc1CN1CCC1)Nc1ccc2c(c1)CC1(C2)C(=O)Nc2ncccc21. The van der Waals surface area contributed by atoms with E-state index >= 15 is 0 Å². The highest BCUT2D eigenvalue weighted by Gasteiger charge is 2.51. The molecule has 6 rings (SSSR count). The molecule has 9 heteroatoms. The summed E-state index contributed by atoms with van der Waals surface area (Å²) in [4.78, 5) is 32.3. The zero-order valence-electron chi connectivity index (χ0n) is 20.5. The topological polar surface area (TPSA) is 86.4 Å². The van der Waals surface area contributed by atoms with Gasteiger partial charge in [-0.05, 0) is 72.8 Å². The maximum atomic E-state index is 12.9. The van der Waals surface area contributed by atoms with Crippen LogP contribution in [0.4, 0.5) is 11.5 Å². The number of carbonyl (C=O) groups is 2. The lowest BCUT2D eigenvalue weighted by atomic mass is 9.79. The second kappa shape index (κ2) is 11.2. The number of hydrogen-bond acceptors (Lipinski definition) is 5. The van der Waals surface area contributed by atoms with Gasteiger partial charge in [0.1, 0.15) is 5.82 Å². The van der Waals surface area contributed by atoms with Crippen molar-refractivity contribution >= 4 is 48.1 Å². The van der Waals surface area contributed by atoms with Crippen LogP contribution in [-0.2, 0) is 40.9 Å². The molecular formula is C28H31Cl2N5O2. The van der Waals surface area contributed by atoms with Crippen molar-refractivity contribution in [1.29, 1.82) is 0 Å². The summed E-state index contributed by atoms with van der Waals surface area (Å²) in [6, 6.07) is 18.3. The third kappa shape index (κ3) is 5.22. The molecule has 2 amide bonds. The van der Waals surface area contributed by atoms with Gasteiger partial charge in [0.05, 0.1) is 12.0 Å². The van der Waals surface area contributed by atoms with E-state index in [1.165, 1.54) is 30.6 Å². The van der Waals surface area contributed by atoms with E-state index in [9.17, 15) is 9.59 Å². The van der Waals surface area contributed by atoms with E-state index in [4.69, 9.17) is 0 Å². The number of benzene rings is 2. The Morgan fingerprint density at radius 1 is 1.00 bits per heavy atom. The normalized spacial score (nSPS) is 19.2. The van der Waals surface area contributed by atoms with Crippen LogP contribution >= 0.6 is 24.8 Å². The van der Waals surface area contributed by atoms with Gasteiger partial charge in [-0.2, -0.15) is 0 Å². The number of amides is 2. The molecule has 1 unspecified atom stereocenters. The summed E-state index contributed by atoms with van der Waals surface area (Å²) < 4.78 is 0. The average molecular weight is 540 g/mol. The van der Waals surface area contributed by atoms with Crippen LogP contribution in [0.5, 0.6) is 0 Å². The third-order valence-electron chi connectivity index (χ3n) is 7.53. The van der Waals surface area contributed by atoms with Gasteiger partial charge in [-0.25, -0.2) is 4.98 Å². The van der Waals surface area contributed by atoms with Crippen LogP contribution < -0.4 is 16.0 Å². The fraction of sp³-hybridized carbons (Fsp3) is 0.321. The molecule has 3 N–H and O–H groups in total. The lowest BCUT2D eigenvalue weighted by Crippen LogP contribution is -2.36. The van der Waals surface area contributed by atoms with Crippen molar-refractivity contribution in [1.82, 2.24) is 15.2 Å². The molecule has 37 heavy (non-hydrogen) atoms. The van der Waals surface area contributed by atoms with Gasteiger partial charge >= 0.3 is 0 Å². The minimum absolute atomic E-state index is 0. The Balaban J connectivity index is 0.00000160. The van der Waals surface area contributed by atoms with Crippen molar-refractivity contribution in [3.05, 3.63) is 88.6 Å². The van der Waals surface area contributed by atoms with Crippen molar-refractivity contribution in [3.63, 3.8) is 0 Å². The number of pyridine rings is 1. The molecule has 1 spiro atoms. The van der Waals surface area contributed by atoms with Crippen molar-refractivity contribution in [3.8, 4) is 0 Å². The van der Waals surface area contributed by atoms with Crippen molar-refractivity contribution in [2.45, 2.75) is 37.8 Å². The zero-order valence-corrected chi connectivity index (χ0v) is 22.1. The number of hydrogen-bond donors (Lipinski definition) is 3. The first-order valence-electron chi connectivity index (χ1n) is 12.3. The van der Waals surface area contributed by atoms with Crippen LogP contribution in [-0.4, -0.2) is 41.3 Å². The number of nitrogens with one attached hydrogen (secondary N) is 3. The zero-order chi connectivity index (χ0) is 23.8. The predicted molar refractivity (Wildman–Crippen MR) is 150 cm³/mol. The Morgan fingerprint density at radius 3 is 2.57 bits per heavy atom. The Morgan fingerprint density at radius 2 is 1.78 bits per heavy atom. The van der Waals surface area contributed by atoms with Crippen molar-refractivity contribution < 1.29 is 9.59 Å². The molecule has 1 fully saturated rings. The van der Waals surface area contributed by atoms with Crippen LogP contribution in [0, 0.1) is 0 Å². The summed E-state index contributed by atoms with van der Waals surface area (Å²) in [5.41, 5.74) is 5.93. The molecule has 3 aliphatic rings. The number of aromatic nitrogens is 1. The summed E-state index contributed by atoms with van der Waals surface area (Å²) in [6.45, 7) is 4.20. The van der Waals surface area contributed by atoms with Gasteiger partial charge < -0.3 is 16.0 Å². The van der Waals surface area contributed by atoms with Gasteiger partial charge in [0, 0.05) is 30.5 Å². The standard InChI is InChI=1S/C28H29N5O2.2ClH/c34-25(17-29-16-20-5-1-2-6-21(20)18-33-11-4-12-33)31-23-9-8-19-14-28(15-22(19)13-23)24-7-3-10-30-26(24)32-27(28)35;;/h1-3,5-10,13,29H,4,11-12,14-18H2,(H,31,34)(H,30,32,35);2*1H. The molecule has 0 saturated carbocycles. The second-order valence-corrected chi connectivity index (χ2v) is 9.82.